The van der Waals surface area contributed by atoms with Gasteiger partial charge in [0.15, 0.2) is 0 Å². The third-order valence-corrected chi connectivity index (χ3v) is 2.81. The van der Waals surface area contributed by atoms with Gasteiger partial charge in [0.05, 0.1) is 5.92 Å². The Labute approximate surface area is 94.9 Å². The predicted octanol–water partition coefficient (Wildman–Crippen LogP) is 3.48. The highest BCUT2D eigenvalue weighted by Gasteiger charge is 2.20. The van der Waals surface area contributed by atoms with Crippen LogP contribution < -0.4 is 0 Å². The molecule has 3 heteroatoms. The largest absolute Gasteiger partial charge is 0.481 e. The molecule has 0 saturated heterocycles. The predicted molar refractivity (Wildman–Crippen MR) is 61.5 cm³/mol. The van der Waals surface area contributed by atoms with Crippen molar-refractivity contribution in [3.05, 3.63) is 34.3 Å². The van der Waals surface area contributed by atoms with Gasteiger partial charge in [0.25, 0.3) is 0 Å². The molecule has 1 rings (SSSR count). The number of aliphatic carboxylic acids is 1. The summed E-state index contributed by atoms with van der Waals surface area (Å²) in [6.07, 6.45) is 1.42. The highest BCUT2D eigenvalue weighted by molar-refractivity contribution is 6.30. The van der Waals surface area contributed by atoms with E-state index in [0.29, 0.717) is 11.4 Å². The third kappa shape index (κ3) is 2.72. The Hall–Kier alpha value is -1.02. The lowest BCUT2D eigenvalue weighted by Crippen LogP contribution is -2.12. The standard InChI is InChI=1S/C12H15ClO2/c1-3-8-5-6-9(13)7-11(8)10(4-2)12(14)15/h5-7,10H,3-4H2,1-2H3,(H,14,15). The van der Waals surface area contributed by atoms with Crippen molar-refractivity contribution in [2.45, 2.75) is 32.6 Å². The van der Waals surface area contributed by atoms with Gasteiger partial charge in [-0.2, -0.15) is 0 Å². The number of carbonyl (C=O) groups is 1. The molecule has 0 aliphatic carbocycles. The van der Waals surface area contributed by atoms with Crippen molar-refractivity contribution in [1.29, 1.82) is 0 Å². The van der Waals surface area contributed by atoms with Crippen LogP contribution in [0, 0.1) is 0 Å². The van der Waals surface area contributed by atoms with E-state index in [1.807, 2.05) is 19.9 Å². The van der Waals surface area contributed by atoms with E-state index in [4.69, 9.17) is 16.7 Å². The average molecular weight is 227 g/mol. The van der Waals surface area contributed by atoms with Gasteiger partial charge in [0, 0.05) is 5.02 Å². The summed E-state index contributed by atoms with van der Waals surface area (Å²) in [7, 11) is 0. The van der Waals surface area contributed by atoms with Gasteiger partial charge in [-0.15, -0.1) is 0 Å². The molecule has 1 unspecified atom stereocenters. The topological polar surface area (TPSA) is 37.3 Å². The number of hydrogen-bond acceptors (Lipinski definition) is 1. The summed E-state index contributed by atoms with van der Waals surface area (Å²) in [6.45, 7) is 3.89. The molecule has 0 saturated carbocycles. The van der Waals surface area contributed by atoms with Crippen molar-refractivity contribution in [2.24, 2.45) is 0 Å². The zero-order valence-electron chi connectivity index (χ0n) is 8.96. The summed E-state index contributed by atoms with van der Waals surface area (Å²) < 4.78 is 0. The van der Waals surface area contributed by atoms with Crippen molar-refractivity contribution in [3.63, 3.8) is 0 Å². The maximum Gasteiger partial charge on any atom is 0.310 e. The summed E-state index contributed by atoms with van der Waals surface area (Å²) in [5, 5.41) is 9.69. The van der Waals surface area contributed by atoms with Crippen LogP contribution in [0.5, 0.6) is 0 Å². The maximum absolute atomic E-state index is 11.1. The molecule has 0 bridgehead atoms. The molecule has 1 aromatic rings. The Balaban J connectivity index is 3.19. The molecule has 0 aliphatic heterocycles. The van der Waals surface area contributed by atoms with Gasteiger partial charge in [-0.05, 0) is 36.1 Å². The number of carboxylic acids is 1. The second kappa shape index (κ2) is 5.17. The van der Waals surface area contributed by atoms with Crippen LogP contribution in [0.3, 0.4) is 0 Å². The van der Waals surface area contributed by atoms with E-state index >= 15 is 0 Å². The van der Waals surface area contributed by atoms with Crippen molar-refractivity contribution in [3.8, 4) is 0 Å². The SMILES string of the molecule is CCc1ccc(Cl)cc1C(CC)C(=O)O. The minimum Gasteiger partial charge on any atom is -0.481 e. The molecular formula is C12H15ClO2. The summed E-state index contributed by atoms with van der Waals surface area (Å²) >= 11 is 5.89. The summed E-state index contributed by atoms with van der Waals surface area (Å²) in [6, 6.07) is 5.48. The molecule has 2 nitrogen and oxygen atoms in total. The van der Waals surface area contributed by atoms with Crippen LogP contribution in [0.15, 0.2) is 18.2 Å². The molecule has 0 heterocycles. The second-order valence-electron chi connectivity index (χ2n) is 3.50. The van der Waals surface area contributed by atoms with Gasteiger partial charge < -0.3 is 5.11 Å². The Morgan fingerprint density at radius 2 is 2.13 bits per heavy atom. The number of aryl methyl sites for hydroxylation is 1. The summed E-state index contributed by atoms with van der Waals surface area (Å²) in [5.74, 6) is -1.23. The average Bonchev–Trinajstić information content (AvgIpc) is 2.18. The zero-order valence-corrected chi connectivity index (χ0v) is 9.71. The molecule has 1 aromatic carbocycles. The molecule has 0 spiro atoms. The fourth-order valence-electron chi connectivity index (χ4n) is 1.74. The van der Waals surface area contributed by atoms with Gasteiger partial charge in [-0.25, -0.2) is 0 Å². The van der Waals surface area contributed by atoms with Gasteiger partial charge in [-0.3, -0.25) is 4.79 Å². The number of hydrogen-bond donors (Lipinski definition) is 1. The first kappa shape index (κ1) is 12.1. The molecule has 0 aromatic heterocycles. The monoisotopic (exact) mass is 226 g/mol. The highest BCUT2D eigenvalue weighted by Crippen LogP contribution is 2.27. The zero-order chi connectivity index (χ0) is 11.4. The molecule has 0 radical (unpaired) electrons. The van der Waals surface area contributed by atoms with E-state index in [9.17, 15) is 4.79 Å². The smallest absolute Gasteiger partial charge is 0.310 e. The van der Waals surface area contributed by atoms with E-state index < -0.39 is 11.9 Å². The van der Waals surface area contributed by atoms with Gasteiger partial charge in [0.2, 0.25) is 0 Å². The second-order valence-corrected chi connectivity index (χ2v) is 3.93. The van der Waals surface area contributed by atoms with Crippen molar-refractivity contribution >= 4 is 17.6 Å². The normalized spacial score (nSPS) is 12.5. The van der Waals surface area contributed by atoms with Crippen LogP contribution in [-0.4, -0.2) is 11.1 Å². The lowest BCUT2D eigenvalue weighted by Gasteiger charge is -2.14. The van der Waals surface area contributed by atoms with E-state index in [1.165, 1.54) is 0 Å². The maximum atomic E-state index is 11.1. The van der Waals surface area contributed by atoms with E-state index in [-0.39, 0.29) is 0 Å². The van der Waals surface area contributed by atoms with Crippen LogP contribution >= 0.6 is 11.6 Å². The van der Waals surface area contributed by atoms with Crippen molar-refractivity contribution < 1.29 is 9.90 Å². The van der Waals surface area contributed by atoms with Crippen LogP contribution in [-0.2, 0) is 11.2 Å². The number of rotatable bonds is 4. The van der Waals surface area contributed by atoms with Crippen LogP contribution in [0.1, 0.15) is 37.3 Å². The lowest BCUT2D eigenvalue weighted by molar-refractivity contribution is -0.138. The Morgan fingerprint density at radius 1 is 1.47 bits per heavy atom. The van der Waals surface area contributed by atoms with Gasteiger partial charge in [-0.1, -0.05) is 31.5 Å². The summed E-state index contributed by atoms with van der Waals surface area (Å²) in [4.78, 5) is 11.1. The molecular weight excluding hydrogens is 212 g/mol. The van der Waals surface area contributed by atoms with E-state index in [0.717, 1.165) is 17.5 Å². The Bertz CT molecular complexity index is 361. The first-order valence-corrected chi connectivity index (χ1v) is 5.49. The molecule has 0 fully saturated rings. The highest BCUT2D eigenvalue weighted by atomic mass is 35.5. The van der Waals surface area contributed by atoms with Crippen LogP contribution in [0.25, 0.3) is 0 Å². The molecule has 15 heavy (non-hydrogen) atoms. The van der Waals surface area contributed by atoms with Crippen LogP contribution in [0.2, 0.25) is 5.02 Å². The van der Waals surface area contributed by atoms with Crippen molar-refractivity contribution in [2.75, 3.05) is 0 Å². The van der Waals surface area contributed by atoms with Gasteiger partial charge in [0.1, 0.15) is 0 Å². The third-order valence-electron chi connectivity index (χ3n) is 2.57. The fraction of sp³-hybridized carbons (Fsp3) is 0.417. The lowest BCUT2D eigenvalue weighted by atomic mass is 9.91. The molecule has 0 aliphatic rings. The molecule has 1 atom stereocenters. The molecule has 1 N–H and O–H groups in total. The first-order chi connectivity index (χ1) is 7.10. The fourth-order valence-corrected chi connectivity index (χ4v) is 1.92. The minimum absolute atomic E-state index is 0.446. The minimum atomic E-state index is -0.783. The van der Waals surface area contributed by atoms with E-state index in [2.05, 4.69) is 0 Å². The first-order valence-electron chi connectivity index (χ1n) is 5.11. The van der Waals surface area contributed by atoms with Crippen LogP contribution in [0.4, 0.5) is 0 Å². The number of carboxylic acid groups (broad SMARTS) is 1. The van der Waals surface area contributed by atoms with Crippen molar-refractivity contribution in [1.82, 2.24) is 0 Å². The Kier molecular flexibility index (Phi) is 4.15. The number of halogens is 1. The quantitative estimate of drug-likeness (QED) is 0.854. The Morgan fingerprint density at radius 3 is 2.60 bits per heavy atom. The van der Waals surface area contributed by atoms with E-state index in [1.54, 1.807) is 12.1 Å². The molecule has 82 valence electrons. The molecule has 0 amide bonds. The summed E-state index contributed by atoms with van der Waals surface area (Å²) in [5.41, 5.74) is 1.91. The van der Waals surface area contributed by atoms with Gasteiger partial charge >= 0.3 is 5.97 Å². The number of benzene rings is 1.